The van der Waals surface area contributed by atoms with Crippen molar-refractivity contribution in [2.24, 2.45) is 11.7 Å². The highest BCUT2D eigenvalue weighted by Crippen LogP contribution is 2.27. The number of nitrogens with one attached hydrogen (secondary N) is 2. The molecule has 0 unspecified atom stereocenters. The van der Waals surface area contributed by atoms with Crippen molar-refractivity contribution >= 4 is 17.5 Å². The molecule has 1 fully saturated rings. The predicted molar refractivity (Wildman–Crippen MR) is 80.0 cm³/mol. The van der Waals surface area contributed by atoms with Gasteiger partial charge in [-0.2, -0.15) is 0 Å². The number of ether oxygens (including phenoxy) is 1. The summed E-state index contributed by atoms with van der Waals surface area (Å²) in [6.45, 7) is 1.50. The van der Waals surface area contributed by atoms with Gasteiger partial charge >= 0.3 is 0 Å². The van der Waals surface area contributed by atoms with E-state index in [4.69, 9.17) is 10.5 Å². The van der Waals surface area contributed by atoms with E-state index in [9.17, 15) is 9.59 Å². The Morgan fingerprint density at radius 1 is 1.24 bits per heavy atom. The molecule has 0 bridgehead atoms. The molecular formula is C15H21N3O3. The average Bonchev–Trinajstić information content (AvgIpc) is 3.24. The van der Waals surface area contributed by atoms with Gasteiger partial charge in [0.15, 0.2) is 0 Å². The highest BCUT2D eigenvalue weighted by Gasteiger charge is 2.20. The van der Waals surface area contributed by atoms with E-state index in [1.807, 2.05) is 0 Å². The Kier molecular flexibility index (Phi) is 5.57. The summed E-state index contributed by atoms with van der Waals surface area (Å²) >= 11 is 0. The van der Waals surface area contributed by atoms with Gasteiger partial charge in [-0.1, -0.05) is 0 Å². The summed E-state index contributed by atoms with van der Waals surface area (Å²) in [5.41, 5.74) is 5.74. The molecule has 0 aromatic heterocycles. The highest BCUT2D eigenvalue weighted by molar-refractivity contribution is 5.92. The third kappa shape index (κ3) is 6.27. The monoisotopic (exact) mass is 291 g/mol. The first-order valence-corrected chi connectivity index (χ1v) is 7.15. The molecule has 1 saturated carbocycles. The zero-order valence-electron chi connectivity index (χ0n) is 11.9. The number of hydrogen-bond donors (Lipinski definition) is 3. The van der Waals surface area contributed by atoms with E-state index < -0.39 is 5.91 Å². The SMILES string of the molecule is NC(=O)CCOc1ccc(NC(=O)CNCC2CC2)cc1. The van der Waals surface area contributed by atoms with Gasteiger partial charge in [0.1, 0.15) is 5.75 Å². The molecule has 6 heteroatoms. The largest absolute Gasteiger partial charge is 0.493 e. The maximum Gasteiger partial charge on any atom is 0.238 e. The Labute approximate surface area is 124 Å². The highest BCUT2D eigenvalue weighted by atomic mass is 16.5. The van der Waals surface area contributed by atoms with E-state index in [2.05, 4.69) is 10.6 Å². The van der Waals surface area contributed by atoms with Crippen LogP contribution in [0.3, 0.4) is 0 Å². The van der Waals surface area contributed by atoms with Gasteiger partial charge in [-0.25, -0.2) is 0 Å². The minimum absolute atomic E-state index is 0.0574. The van der Waals surface area contributed by atoms with Crippen LogP contribution in [-0.2, 0) is 9.59 Å². The normalized spacial score (nSPS) is 13.7. The molecule has 0 heterocycles. The Bertz CT molecular complexity index is 483. The van der Waals surface area contributed by atoms with Gasteiger partial charge in [-0.15, -0.1) is 0 Å². The maximum atomic E-state index is 11.7. The van der Waals surface area contributed by atoms with Gasteiger partial charge in [0.2, 0.25) is 11.8 Å². The van der Waals surface area contributed by atoms with Crippen molar-refractivity contribution < 1.29 is 14.3 Å². The summed E-state index contributed by atoms with van der Waals surface area (Å²) in [6.07, 6.45) is 2.73. The van der Waals surface area contributed by atoms with Crippen LogP contribution < -0.4 is 21.1 Å². The first-order valence-electron chi connectivity index (χ1n) is 7.15. The minimum Gasteiger partial charge on any atom is -0.493 e. The van der Waals surface area contributed by atoms with Crippen LogP contribution in [0.2, 0.25) is 0 Å². The zero-order valence-corrected chi connectivity index (χ0v) is 11.9. The summed E-state index contributed by atoms with van der Waals surface area (Å²) in [5, 5.41) is 5.94. The summed E-state index contributed by atoms with van der Waals surface area (Å²) in [7, 11) is 0. The fourth-order valence-corrected chi connectivity index (χ4v) is 1.82. The van der Waals surface area contributed by atoms with Crippen molar-refractivity contribution in [3.05, 3.63) is 24.3 Å². The lowest BCUT2D eigenvalue weighted by Gasteiger charge is -2.08. The van der Waals surface area contributed by atoms with E-state index in [-0.39, 0.29) is 18.9 Å². The van der Waals surface area contributed by atoms with E-state index in [0.717, 1.165) is 18.2 Å². The van der Waals surface area contributed by atoms with Gasteiger partial charge in [0, 0.05) is 5.69 Å². The molecule has 0 aliphatic heterocycles. The maximum absolute atomic E-state index is 11.7. The number of amides is 2. The van der Waals surface area contributed by atoms with Crippen molar-refractivity contribution in [1.82, 2.24) is 5.32 Å². The first-order chi connectivity index (χ1) is 10.1. The smallest absolute Gasteiger partial charge is 0.238 e. The summed E-state index contributed by atoms with van der Waals surface area (Å²) in [6, 6.07) is 7.01. The Hall–Kier alpha value is -2.08. The molecule has 1 aliphatic carbocycles. The number of nitrogens with two attached hydrogens (primary N) is 1. The van der Waals surface area contributed by atoms with Crippen LogP contribution in [0.5, 0.6) is 5.75 Å². The van der Waals surface area contributed by atoms with E-state index in [1.165, 1.54) is 12.8 Å². The molecule has 21 heavy (non-hydrogen) atoms. The molecule has 1 aliphatic rings. The van der Waals surface area contributed by atoms with Crippen LogP contribution in [-0.4, -0.2) is 31.5 Å². The lowest BCUT2D eigenvalue weighted by atomic mass is 10.3. The third-order valence-electron chi connectivity index (χ3n) is 3.17. The quantitative estimate of drug-likeness (QED) is 0.629. The number of rotatable bonds is 9. The van der Waals surface area contributed by atoms with E-state index in [0.29, 0.717) is 12.3 Å². The second kappa shape index (κ2) is 7.64. The van der Waals surface area contributed by atoms with Crippen molar-refractivity contribution in [2.75, 3.05) is 25.0 Å². The van der Waals surface area contributed by atoms with Crippen LogP contribution in [0.4, 0.5) is 5.69 Å². The average molecular weight is 291 g/mol. The molecule has 1 aromatic rings. The molecule has 6 nitrogen and oxygen atoms in total. The number of carbonyl (C=O) groups excluding carboxylic acids is 2. The number of benzene rings is 1. The van der Waals surface area contributed by atoms with Gasteiger partial charge < -0.3 is 21.1 Å². The predicted octanol–water partition coefficient (Wildman–Crippen LogP) is 0.879. The van der Waals surface area contributed by atoms with Crippen molar-refractivity contribution in [1.29, 1.82) is 0 Å². The van der Waals surface area contributed by atoms with E-state index >= 15 is 0 Å². The lowest BCUT2D eigenvalue weighted by molar-refractivity contribution is -0.118. The molecule has 1 aromatic carbocycles. The summed E-state index contributed by atoms with van der Waals surface area (Å²) < 4.78 is 5.35. The number of primary amides is 1. The Balaban J connectivity index is 1.67. The Morgan fingerprint density at radius 2 is 1.95 bits per heavy atom. The van der Waals surface area contributed by atoms with Gasteiger partial charge in [0.25, 0.3) is 0 Å². The topological polar surface area (TPSA) is 93.5 Å². The van der Waals surface area contributed by atoms with Crippen LogP contribution in [0, 0.1) is 5.92 Å². The third-order valence-corrected chi connectivity index (χ3v) is 3.17. The standard InChI is InChI=1S/C15H21N3O3/c16-14(19)7-8-21-13-5-3-12(4-6-13)18-15(20)10-17-9-11-1-2-11/h3-6,11,17H,1-2,7-10H2,(H2,16,19)(H,18,20). The van der Waals surface area contributed by atoms with Crippen LogP contribution in [0.25, 0.3) is 0 Å². The fourth-order valence-electron chi connectivity index (χ4n) is 1.82. The summed E-state index contributed by atoms with van der Waals surface area (Å²) in [4.78, 5) is 22.3. The number of hydrogen-bond acceptors (Lipinski definition) is 4. The number of carbonyl (C=O) groups is 2. The molecular weight excluding hydrogens is 270 g/mol. The van der Waals surface area contributed by atoms with E-state index in [1.54, 1.807) is 24.3 Å². The van der Waals surface area contributed by atoms with Crippen LogP contribution in [0.15, 0.2) is 24.3 Å². The molecule has 0 saturated heterocycles. The van der Waals surface area contributed by atoms with Crippen molar-refractivity contribution in [3.63, 3.8) is 0 Å². The summed E-state index contributed by atoms with van der Waals surface area (Å²) in [5.74, 6) is 0.950. The second-order valence-electron chi connectivity index (χ2n) is 5.21. The molecule has 4 N–H and O–H groups in total. The molecule has 114 valence electrons. The first kappa shape index (κ1) is 15.3. The zero-order chi connectivity index (χ0) is 15.1. The minimum atomic E-state index is -0.391. The molecule has 2 amide bonds. The molecule has 0 atom stereocenters. The van der Waals surface area contributed by atoms with Crippen LogP contribution >= 0.6 is 0 Å². The van der Waals surface area contributed by atoms with Crippen LogP contribution in [0.1, 0.15) is 19.3 Å². The van der Waals surface area contributed by atoms with Gasteiger partial charge in [-0.05, 0) is 49.6 Å². The van der Waals surface area contributed by atoms with Crippen molar-refractivity contribution in [2.45, 2.75) is 19.3 Å². The number of anilines is 1. The van der Waals surface area contributed by atoms with Gasteiger partial charge in [-0.3, -0.25) is 9.59 Å². The second-order valence-corrected chi connectivity index (χ2v) is 5.21. The fraction of sp³-hybridized carbons (Fsp3) is 0.467. The molecule has 2 rings (SSSR count). The van der Waals surface area contributed by atoms with Crippen molar-refractivity contribution in [3.8, 4) is 5.75 Å². The van der Waals surface area contributed by atoms with Gasteiger partial charge in [0.05, 0.1) is 19.6 Å². The molecule has 0 radical (unpaired) electrons. The lowest BCUT2D eigenvalue weighted by Crippen LogP contribution is -2.29. The Morgan fingerprint density at radius 3 is 2.57 bits per heavy atom. The molecule has 0 spiro atoms.